The zero-order valence-electron chi connectivity index (χ0n) is 12.4. The van der Waals surface area contributed by atoms with Crippen molar-refractivity contribution >= 4 is 23.0 Å². The summed E-state index contributed by atoms with van der Waals surface area (Å²) >= 11 is 6.39. The summed E-state index contributed by atoms with van der Waals surface area (Å²) in [5, 5.41) is 3.90. The highest BCUT2D eigenvalue weighted by molar-refractivity contribution is 6.33. The average Bonchev–Trinajstić information content (AvgIpc) is 2.49. The zero-order valence-corrected chi connectivity index (χ0v) is 13.1. The predicted octanol–water partition coefficient (Wildman–Crippen LogP) is 4.75. The third-order valence-electron chi connectivity index (χ3n) is 3.34. The Bertz CT molecular complexity index is 601. The van der Waals surface area contributed by atoms with Gasteiger partial charge < -0.3 is 10.2 Å². The third kappa shape index (κ3) is 3.74. The second-order valence-corrected chi connectivity index (χ2v) is 5.17. The molecule has 0 aliphatic carbocycles. The summed E-state index contributed by atoms with van der Waals surface area (Å²) in [6.45, 7) is 6.38. The lowest BCUT2D eigenvalue weighted by atomic mass is 10.1. The normalized spacial score (nSPS) is 10.7. The summed E-state index contributed by atoms with van der Waals surface area (Å²) in [4.78, 5) is 1.88. The van der Waals surface area contributed by atoms with Gasteiger partial charge in [0.1, 0.15) is 5.82 Å². The molecule has 0 amide bonds. The maximum atomic E-state index is 14.0. The predicted molar refractivity (Wildman–Crippen MR) is 87.9 cm³/mol. The summed E-state index contributed by atoms with van der Waals surface area (Å²) in [5.74, 6) is -0.243. The van der Waals surface area contributed by atoms with Gasteiger partial charge in [0.25, 0.3) is 0 Å². The van der Waals surface area contributed by atoms with Gasteiger partial charge in [-0.2, -0.15) is 0 Å². The van der Waals surface area contributed by atoms with E-state index in [-0.39, 0.29) is 5.82 Å². The average molecular weight is 307 g/mol. The van der Waals surface area contributed by atoms with Crippen molar-refractivity contribution in [2.45, 2.75) is 20.4 Å². The summed E-state index contributed by atoms with van der Waals surface area (Å²) in [5.41, 5.74) is 2.49. The van der Waals surface area contributed by atoms with Gasteiger partial charge in [0.15, 0.2) is 0 Å². The van der Waals surface area contributed by atoms with Crippen molar-refractivity contribution in [1.29, 1.82) is 0 Å². The molecular formula is C17H20ClFN2. The van der Waals surface area contributed by atoms with Gasteiger partial charge >= 0.3 is 0 Å². The Balaban J connectivity index is 2.33. The van der Waals surface area contributed by atoms with E-state index in [1.807, 2.05) is 36.1 Å². The number of rotatable bonds is 6. The van der Waals surface area contributed by atoms with Gasteiger partial charge in [-0.25, -0.2) is 4.39 Å². The molecule has 112 valence electrons. The van der Waals surface area contributed by atoms with Crippen LogP contribution in [0.15, 0.2) is 42.5 Å². The molecular weight excluding hydrogens is 287 g/mol. The summed E-state index contributed by atoms with van der Waals surface area (Å²) in [7, 11) is 0. The monoisotopic (exact) mass is 306 g/mol. The first kappa shape index (κ1) is 15.8. The van der Waals surface area contributed by atoms with E-state index in [1.54, 1.807) is 12.1 Å². The molecule has 2 nitrogen and oxygen atoms in total. The van der Waals surface area contributed by atoms with Gasteiger partial charge in [-0.1, -0.05) is 36.7 Å². The fourth-order valence-electron chi connectivity index (χ4n) is 2.29. The highest BCUT2D eigenvalue weighted by Crippen LogP contribution is 2.33. The number of nitrogens with zero attached hydrogens (tertiary/aromatic N) is 1. The number of hydrogen-bond acceptors (Lipinski definition) is 2. The minimum atomic E-state index is -0.243. The van der Waals surface area contributed by atoms with Crippen LogP contribution in [0.3, 0.4) is 0 Å². The molecule has 0 radical (unpaired) electrons. The van der Waals surface area contributed by atoms with Crippen molar-refractivity contribution in [3.8, 4) is 0 Å². The Labute approximate surface area is 130 Å². The van der Waals surface area contributed by atoms with Crippen LogP contribution >= 0.6 is 11.6 Å². The Hall–Kier alpha value is -1.58. The van der Waals surface area contributed by atoms with E-state index in [9.17, 15) is 4.39 Å². The van der Waals surface area contributed by atoms with Crippen molar-refractivity contribution in [3.05, 3.63) is 58.9 Å². The number of nitrogens with one attached hydrogen (secondary N) is 1. The summed E-state index contributed by atoms with van der Waals surface area (Å²) < 4.78 is 14.0. The van der Waals surface area contributed by atoms with Gasteiger partial charge in [0, 0.05) is 13.1 Å². The van der Waals surface area contributed by atoms with E-state index >= 15 is 0 Å². The minimum Gasteiger partial charge on any atom is -0.338 e. The first-order valence-corrected chi connectivity index (χ1v) is 7.56. The first-order valence-electron chi connectivity index (χ1n) is 7.18. The molecule has 0 saturated heterocycles. The maximum Gasteiger partial charge on any atom is 0.146 e. The lowest BCUT2D eigenvalue weighted by Gasteiger charge is -2.25. The Morgan fingerprint density at radius 2 is 1.86 bits per heavy atom. The molecule has 0 aliphatic rings. The first-order chi connectivity index (χ1) is 10.2. The fraction of sp³-hybridized carbons (Fsp3) is 0.294. The molecule has 0 aromatic heterocycles. The van der Waals surface area contributed by atoms with Crippen LogP contribution in [0.5, 0.6) is 0 Å². The molecule has 0 saturated carbocycles. The Kier molecular flexibility index (Phi) is 5.59. The molecule has 0 heterocycles. The van der Waals surface area contributed by atoms with E-state index < -0.39 is 0 Å². The van der Waals surface area contributed by atoms with E-state index in [1.165, 1.54) is 6.07 Å². The lowest BCUT2D eigenvalue weighted by molar-refractivity contribution is 0.625. The van der Waals surface area contributed by atoms with Crippen molar-refractivity contribution in [1.82, 2.24) is 5.32 Å². The second-order valence-electron chi connectivity index (χ2n) is 4.76. The van der Waals surface area contributed by atoms with Gasteiger partial charge in [-0.15, -0.1) is 0 Å². The standard InChI is InChI=1S/C17H20ClFN2/c1-3-20-12-13-9-10-16(14(18)11-13)21(4-2)17-8-6-5-7-15(17)19/h5-11,20H,3-4,12H2,1-2H3. The smallest absolute Gasteiger partial charge is 0.146 e. The number of halogens is 2. The molecule has 2 aromatic carbocycles. The summed E-state index contributed by atoms with van der Waals surface area (Å²) in [6, 6.07) is 12.6. The van der Waals surface area contributed by atoms with Crippen LogP contribution in [-0.2, 0) is 6.54 Å². The topological polar surface area (TPSA) is 15.3 Å². The second kappa shape index (κ2) is 7.43. The van der Waals surface area contributed by atoms with Crippen LogP contribution in [0.25, 0.3) is 0 Å². The molecule has 0 spiro atoms. The minimum absolute atomic E-state index is 0.243. The van der Waals surface area contributed by atoms with Crippen molar-refractivity contribution < 1.29 is 4.39 Å². The van der Waals surface area contributed by atoms with Crippen LogP contribution in [0, 0.1) is 5.82 Å². The van der Waals surface area contributed by atoms with Crippen LogP contribution in [-0.4, -0.2) is 13.1 Å². The molecule has 0 unspecified atom stereocenters. The number of anilines is 2. The molecule has 0 bridgehead atoms. The van der Waals surface area contributed by atoms with Crippen LogP contribution in [0.4, 0.5) is 15.8 Å². The Morgan fingerprint density at radius 3 is 2.48 bits per heavy atom. The quantitative estimate of drug-likeness (QED) is 0.828. The molecule has 0 fully saturated rings. The van der Waals surface area contributed by atoms with Crippen LogP contribution in [0.2, 0.25) is 5.02 Å². The molecule has 21 heavy (non-hydrogen) atoms. The number of hydrogen-bond donors (Lipinski definition) is 1. The van der Waals surface area contributed by atoms with Gasteiger partial charge in [-0.3, -0.25) is 0 Å². The number of para-hydroxylation sites is 1. The Morgan fingerprint density at radius 1 is 1.10 bits per heavy atom. The van der Waals surface area contributed by atoms with E-state index in [0.717, 1.165) is 24.3 Å². The fourth-order valence-corrected chi connectivity index (χ4v) is 2.59. The summed E-state index contributed by atoms with van der Waals surface area (Å²) in [6.07, 6.45) is 0. The van der Waals surface area contributed by atoms with E-state index in [0.29, 0.717) is 17.3 Å². The van der Waals surface area contributed by atoms with Crippen molar-refractivity contribution in [3.63, 3.8) is 0 Å². The zero-order chi connectivity index (χ0) is 15.2. The van der Waals surface area contributed by atoms with Crippen LogP contribution in [0.1, 0.15) is 19.4 Å². The van der Waals surface area contributed by atoms with Gasteiger partial charge in [0.2, 0.25) is 0 Å². The lowest BCUT2D eigenvalue weighted by Crippen LogP contribution is -2.18. The largest absolute Gasteiger partial charge is 0.338 e. The maximum absolute atomic E-state index is 14.0. The number of benzene rings is 2. The molecule has 0 aliphatic heterocycles. The van der Waals surface area contributed by atoms with Crippen molar-refractivity contribution in [2.24, 2.45) is 0 Å². The highest BCUT2D eigenvalue weighted by Gasteiger charge is 2.14. The molecule has 2 rings (SSSR count). The molecule has 4 heteroatoms. The van der Waals surface area contributed by atoms with Crippen LogP contribution < -0.4 is 10.2 Å². The van der Waals surface area contributed by atoms with E-state index in [4.69, 9.17) is 11.6 Å². The van der Waals surface area contributed by atoms with Gasteiger partial charge in [0.05, 0.1) is 16.4 Å². The third-order valence-corrected chi connectivity index (χ3v) is 3.64. The van der Waals surface area contributed by atoms with E-state index in [2.05, 4.69) is 12.2 Å². The molecule has 1 N–H and O–H groups in total. The molecule has 2 aromatic rings. The van der Waals surface area contributed by atoms with Gasteiger partial charge in [-0.05, 0) is 43.3 Å². The van der Waals surface area contributed by atoms with Crippen molar-refractivity contribution in [2.75, 3.05) is 18.0 Å². The highest BCUT2D eigenvalue weighted by atomic mass is 35.5. The SMILES string of the molecule is CCNCc1ccc(N(CC)c2ccccc2F)c(Cl)c1. The molecule has 0 atom stereocenters.